The second kappa shape index (κ2) is 5.39. The molecule has 1 aromatic heterocycles. The first kappa shape index (κ1) is 11.5. The van der Waals surface area contributed by atoms with Crippen molar-refractivity contribution in [3.05, 3.63) is 23.3 Å². The van der Waals surface area contributed by atoms with Crippen molar-refractivity contribution in [2.75, 3.05) is 13.1 Å². The van der Waals surface area contributed by atoms with E-state index in [0.717, 1.165) is 29.6 Å². The Kier molecular flexibility index (Phi) is 3.88. The van der Waals surface area contributed by atoms with Crippen LogP contribution in [0.25, 0.3) is 0 Å². The van der Waals surface area contributed by atoms with E-state index >= 15 is 0 Å². The van der Waals surface area contributed by atoms with Crippen molar-refractivity contribution in [3.8, 4) is 0 Å². The fraction of sp³-hybridized carbons (Fsp3) is 0.692. The highest BCUT2D eigenvalue weighted by molar-refractivity contribution is 5.08. The zero-order valence-corrected chi connectivity index (χ0v) is 10.3. The molecule has 3 nitrogen and oxygen atoms in total. The normalized spacial score (nSPS) is 21.0. The van der Waals surface area contributed by atoms with Crippen LogP contribution in [0.15, 0.2) is 6.07 Å². The van der Waals surface area contributed by atoms with E-state index in [4.69, 9.17) is 0 Å². The third kappa shape index (κ3) is 3.27. The number of piperidine rings is 1. The Hall–Kier alpha value is -0.960. The highest BCUT2D eigenvalue weighted by Crippen LogP contribution is 2.16. The Morgan fingerprint density at radius 2 is 2.06 bits per heavy atom. The standard InChI is InChI=1S/C13H21N3/c1-10-8-11(2)16-13(15-10)6-5-12-4-3-7-14-9-12/h8,12,14H,3-7,9H2,1-2H3. The molecule has 1 aromatic rings. The molecule has 2 heterocycles. The van der Waals surface area contributed by atoms with Crippen molar-refractivity contribution in [3.63, 3.8) is 0 Å². The van der Waals surface area contributed by atoms with Gasteiger partial charge in [0.05, 0.1) is 0 Å². The molecular formula is C13H21N3. The Bertz CT molecular complexity index is 323. The lowest BCUT2D eigenvalue weighted by Crippen LogP contribution is -2.30. The molecule has 1 fully saturated rings. The van der Waals surface area contributed by atoms with E-state index in [1.807, 2.05) is 19.9 Å². The van der Waals surface area contributed by atoms with Gasteiger partial charge in [-0.05, 0) is 58.2 Å². The zero-order chi connectivity index (χ0) is 11.4. The third-order valence-electron chi connectivity index (χ3n) is 3.20. The van der Waals surface area contributed by atoms with E-state index < -0.39 is 0 Å². The summed E-state index contributed by atoms with van der Waals surface area (Å²) in [5.41, 5.74) is 2.17. The highest BCUT2D eigenvalue weighted by atomic mass is 14.9. The van der Waals surface area contributed by atoms with Crippen molar-refractivity contribution in [1.82, 2.24) is 15.3 Å². The van der Waals surface area contributed by atoms with Gasteiger partial charge in [-0.2, -0.15) is 0 Å². The van der Waals surface area contributed by atoms with Crippen molar-refractivity contribution in [1.29, 1.82) is 0 Å². The Labute approximate surface area is 97.7 Å². The summed E-state index contributed by atoms with van der Waals surface area (Å²) in [4.78, 5) is 8.97. The molecule has 1 saturated heterocycles. The predicted octanol–water partition coefficient (Wildman–Crippen LogP) is 2.03. The molecule has 1 unspecified atom stereocenters. The van der Waals surface area contributed by atoms with E-state index in [2.05, 4.69) is 15.3 Å². The minimum Gasteiger partial charge on any atom is -0.316 e. The number of hydrogen-bond acceptors (Lipinski definition) is 3. The van der Waals surface area contributed by atoms with Gasteiger partial charge in [-0.3, -0.25) is 0 Å². The van der Waals surface area contributed by atoms with Crippen LogP contribution < -0.4 is 5.32 Å². The average Bonchev–Trinajstić information content (AvgIpc) is 2.27. The fourth-order valence-corrected chi connectivity index (χ4v) is 2.41. The molecule has 16 heavy (non-hydrogen) atoms. The molecule has 2 rings (SSSR count). The Morgan fingerprint density at radius 1 is 1.31 bits per heavy atom. The molecular weight excluding hydrogens is 198 g/mol. The van der Waals surface area contributed by atoms with Crippen molar-refractivity contribution < 1.29 is 0 Å². The molecule has 0 saturated carbocycles. The van der Waals surface area contributed by atoms with Crippen LogP contribution in [0, 0.1) is 19.8 Å². The number of aryl methyl sites for hydroxylation is 3. The SMILES string of the molecule is Cc1cc(C)nc(CCC2CCCNC2)n1. The molecule has 3 heteroatoms. The first-order valence-electron chi connectivity index (χ1n) is 6.26. The number of rotatable bonds is 3. The summed E-state index contributed by atoms with van der Waals surface area (Å²) < 4.78 is 0. The van der Waals surface area contributed by atoms with Crippen molar-refractivity contribution in [2.24, 2.45) is 5.92 Å². The number of aromatic nitrogens is 2. The van der Waals surface area contributed by atoms with Gasteiger partial charge in [0, 0.05) is 17.8 Å². The van der Waals surface area contributed by atoms with Gasteiger partial charge in [-0.15, -0.1) is 0 Å². The molecule has 0 spiro atoms. The van der Waals surface area contributed by atoms with Crippen molar-refractivity contribution >= 4 is 0 Å². The molecule has 1 aliphatic heterocycles. The predicted molar refractivity (Wildman–Crippen MR) is 65.4 cm³/mol. The Balaban J connectivity index is 1.88. The summed E-state index contributed by atoms with van der Waals surface area (Å²) in [6, 6.07) is 2.03. The zero-order valence-electron chi connectivity index (χ0n) is 10.3. The molecule has 88 valence electrons. The minimum absolute atomic E-state index is 0.818. The lowest BCUT2D eigenvalue weighted by atomic mass is 9.94. The largest absolute Gasteiger partial charge is 0.316 e. The molecule has 1 atom stereocenters. The molecule has 0 aromatic carbocycles. The molecule has 0 radical (unpaired) electrons. The topological polar surface area (TPSA) is 37.8 Å². The van der Waals surface area contributed by atoms with Gasteiger partial charge in [0.2, 0.25) is 0 Å². The van der Waals surface area contributed by atoms with Crippen molar-refractivity contribution in [2.45, 2.75) is 39.5 Å². The van der Waals surface area contributed by atoms with Crippen LogP contribution in [0.2, 0.25) is 0 Å². The third-order valence-corrected chi connectivity index (χ3v) is 3.20. The van der Waals surface area contributed by atoms with Crippen LogP contribution in [-0.2, 0) is 6.42 Å². The summed E-state index contributed by atoms with van der Waals surface area (Å²) in [5, 5.41) is 3.45. The Morgan fingerprint density at radius 3 is 2.69 bits per heavy atom. The second-order valence-corrected chi connectivity index (χ2v) is 4.82. The maximum Gasteiger partial charge on any atom is 0.128 e. The second-order valence-electron chi connectivity index (χ2n) is 4.82. The minimum atomic E-state index is 0.818. The van der Waals surface area contributed by atoms with E-state index in [-0.39, 0.29) is 0 Å². The van der Waals surface area contributed by atoms with Crippen LogP contribution in [-0.4, -0.2) is 23.1 Å². The van der Waals surface area contributed by atoms with Crippen LogP contribution in [0.1, 0.15) is 36.5 Å². The van der Waals surface area contributed by atoms with Crippen LogP contribution in [0.3, 0.4) is 0 Å². The monoisotopic (exact) mass is 219 g/mol. The van der Waals surface area contributed by atoms with E-state index in [1.54, 1.807) is 0 Å². The number of nitrogens with one attached hydrogen (secondary N) is 1. The van der Waals surface area contributed by atoms with Gasteiger partial charge in [0.15, 0.2) is 0 Å². The maximum absolute atomic E-state index is 4.49. The summed E-state index contributed by atoms with van der Waals surface area (Å²) in [5.74, 6) is 1.83. The van der Waals surface area contributed by atoms with Gasteiger partial charge in [0.1, 0.15) is 5.82 Å². The van der Waals surface area contributed by atoms with E-state index in [1.165, 1.54) is 32.4 Å². The number of hydrogen-bond donors (Lipinski definition) is 1. The van der Waals surface area contributed by atoms with Crippen LogP contribution in [0.4, 0.5) is 0 Å². The molecule has 0 amide bonds. The highest BCUT2D eigenvalue weighted by Gasteiger charge is 2.13. The van der Waals surface area contributed by atoms with Crippen LogP contribution in [0.5, 0.6) is 0 Å². The average molecular weight is 219 g/mol. The van der Waals surface area contributed by atoms with Gasteiger partial charge >= 0.3 is 0 Å². The van der Waals surface area contributed by atoms with E-state index in [0.29, 0.717) is 0 Å². The first-order chi connectivity index (χ1) is 7.74. The van der Waals surface area contributed by atoms with Gasteiger partial charge < -0.3 is 5.32 Å². The number of nitrogens with zero attached hydrogens (tertiary/aromatic N) is 2. The smallest absolute Gasteiger partial charge is 0.128 e. The molecule has 1 aliphatic rings. The lowest BCUT2D eigenvalue weighted by Gasteiger charge is -2.22. The molecule has 0 bridgehead atoms. The van der Waals surface area contributed by atoms with Gasteiger partial charge in [-0.1, -0.05) is 0 Å². The van der Waals surface area contributed by atoms with Gasteiger partial charge in [0.25, 0.3) is 0 Å². The summed E-state index contributed by atoms with van der Waals surface area (Å²) in [6.07, 6.45) is 4.92. The summed E-state index contributed by atoms with van der Waals surface area (Å²) in [7, 11) is 0. The van der Waals surface area contributed by atoms with Gasteiger partial charge in [-0.25, -0.2) is 9.97 Å². The summed E-state index contributed by atoms with van der Waals surface area (Å²) in [6.45, 7) is 6.45. The quantitative estimate of drug-likeness (QED) is 0.845. The molecule has 0 aliphatic carbocycles. The van der Waals surface area contributed by atoms with E-state index in [9.17, 15) is 0 Å². The summed E-state index contributed by atoms with van der Waals surface area (Å²) >= 11 is 0. The maximum atomic E-state index is 4.49. The van der Waals surface area contributed by atoms with Crippen LogP contribution >= 0.6 is 0 Å². The first-order valence-corrected chi connectivity index (χ1v) is 6.26. The molecule has 1 N–H and O–H groups in total. The fourth-order valence-electron chi connectivity index (χ4n) is 2.41. The lowest BCUT2D eigenvalue weighted by molar-refractivity contribution is 0.356.